The second-order valence-corrected chi connectivity index (χ2v) is 10.9. The van der Waals surface area contributed by atoms with Crippen LogP contribution in [0.1, 0.15) is 60.8 Å². The number of nitrogens with zero attached hydrogens (tertiary/aromatic N) is 1. The van der Waals surface area contributed by atoms with Crippen molar-refractivity contribution in [1.82, 2.24) is 4.90 Å². The Bertz CT molecular complexity index is 884. The van der Waals surface area contributed by atoms with Crippen molar-refractivity contribution in [2.45, 2.75) is 78.6 Å². The third-order valence-corrected chi connectivity index (χ3v) is 8.28. The molecule has 0 aromatic heterocycles. The van der Waals surface area contributed by atoms with Crippen LogP contribution in [0.3, 0.4) is 0 Å². The van der Waals surface area contributed by atoms with E-state index in [2.05, 4.69) is 38.7 Å². The maximum Gasteiger partial charge on any atom is 0.303 e. The standard InChI is InChI=1S/C29H45NO5/c1-19(2)30(14-15-34-27-11-9-8-10-26(27)33-7)18-21(4)24-13-12-22(5)29(32)17-28(35-23(6)31)20(3)16-25(24)29/h8-11,16,19,21-22,24-25,28,32H,12-15,17-18H2,1-7H3/t21?,22-,24+,25-,28-,29-/m1/s1. The molecule has 1 saturated carbocycles. The zero-order valence-electron chi connectivity index (χ0n) is 22.6. The van der Waals surface area contributed by atoms with Crippen molar-refractivity contribution in [1.29, 1.82) is 0 Å². The zero-order chi connectivity index (χ0) is 25.8. The van der Waals surface area contributed by atoms with Crippen LogP contribution < -0.4 is 9.47 Å². The molecule has 1 unspecified atom stereocenters. The number of fused-ring (bicyclic) bond motifs is 1. The van der Waals surface area contributed by atoms with E-state index in [-0.39, 0.29) is 23.9 Å². The number of rotatable bonds is 10. The minimum absolute atomic E-state index is 0.0758. The van der Waals surface area contributed by atoms with Crippen LogP contribution in [0.4, 0.5) is 0 Å². The van der Waals surface area contributed by atoms with Crippen LogP contribution in [0.5, 0.6) is 11.5 Å². The molecule has 35 heavy (non-hydrogen) atoms. The van der Waals surface area contributed by atoms with Gasteiger partial charge in [0.05, 0.1) is 12.7 Å². The third kappa shape index (κ3) is 6.39. The Labute approximate surface area is 211 Å². The van der Waals surface area contributed by atoms with Gasteiger partial charge < -0.3 is 19.3 Å². The van der Waals surface area contributed by atoms with Crippen molar-refractivity contribution in [3.63, 3.8) is 0 Å². The zero-order valence-corrected chi connectivity index (χ0v) is 22.6. The van der Waals surface area contributed by atoms with Gasteiger partial charge in [-0.3, -0.25) is 9.69 Å². The van der Waals surface area contributed by atoms with Gasteiger partial charge in [0, 0.05) is 38.4 Å². The molecule has 1 N–H and O–H groups in total. The van der Waals surface area contributed by atoms with Gasteiger partial charge in [0.1, 0.15) is 12.7 Å². The fourth-order valence-electron chi connectivity index (χ4n) is 6.07. The van der Waals surface area contributed by atoms with Crippen molar-refractivity contribution < 1.29 is 24.1 Å². The molecule has 0 heterocycles. The van der Waals surface area contributed by atoms with Crippen LogP contribution in [-0.2, 0) is 9.53 Å². The lowest BCUT2D eigenvalue weighted by atomic mass is 9.57. The lowest BCUT2D eigenvalue weighted by Gasteiger charge is -2.53. The van der Waals surface area contributed by atoms with E-state index in [4.69, 9.17) is 14.2 Å². The minimum Gasteiger partial charge on any atom is -0.493 e. The molecule has 0 bridgehead atoms. The number of benzene rings is 1. The molecule has 1 aromatic carbocycles. The highest BCUT2D eigenvalue weighted by Gasteiger charge is 2.52. The first-order chi connectivity index (χ1) is 16.6. The Balaban J connectivity index is 1.68. The summed E-state index contributed by atoms with van der Waals surface area (Å²) in [5.41, 5.74) is 0.221. The van der Waals surface area contributed by atoms with Crippen LogP contribution in [-0.4, -0.2) is 60.5 Å². The number of carbonyl (C=O) groups is 1. The second kappa shape index (κ2) is 11.8. The summed E-state index contributed by atoms with van der Waals surface area (Å²) in [4.78, 5) is 14.1. The summed E-state index contributed by atoms with van der Waals surface area (Å²) in [5.74, 6) is 2.26. The van der Waals surface area contributed by atoms with Gasteiger partial charge in [0.25, 0.3) is 0 Å². The number of methoxy groups -OCH3 is 1. The summed E-state index contributed by atoms with van der Waals surface area (Å²) in [7, 11) is 1.66. The fraction of sp³-hybridized carbons (Fsp3) is 0.690. The van der Waals surface area contributed by atoms with Crippen molar-refractivity contribution in [2.75, 3.05) is 26.8 Å². The summed E-state index contributed by atoms with van der Waals surface area (Å²) in [6.07, 6.45) is 4.45. The Morgan fingerprint density at radius 3 is 2.51 bits per heavy atom. The summed E-state index contributed by atoms with van der Waals surface area (Å²) in [6, 6.07) is 8.13. The first-order valence-electron chi connectivity index (χ1n) is 13.1. The number of esters is 1. The largest absolute Gasteiger partial charge is 0.493 e. The molecule has 1 fully saturated rings. The van der Waals surface area contributed by atoms with Crippen LogP contribution in [0.25, 0.3) is 0 Å². The van der Waals surface area contributed by atoms with E-state index in [0.717, 1.165) is 43.0 Å². The van der Waals surface area contributed by atoms with Crippen molar-refractivity contribution in [3.05, 3.63) is 35.9 Å². The van der Waals surface area contributed by atoms with Crippen molar-refractivity contribution in [3.8, 4) is 11.5 Å². The molecule has 196 valence electrons. The molecule has 0 radical (unpaired) electrons. The number of hydrogen-bond acceptors (Lipinski definition) is 6. The van der Waals surface area contributed by atoms with Crippen molar-refractivity contribution >= 4 is 5.97 Å². The molecule has 0 spiro atoms. The topological polar surface area (TPSA) is 68.2 Å². The molecule has 6 atom stereocenters. The maximum atomic E-state index is 11.9. The number of para-hydroxylation sites is 2. The highest BCUT2D eigenvalue weighted by atomic mass is 16.5. The first kappa shape index (κ1) is 27.5. The van der Waals surface area contributed by atoms with E-state index in [1.165, 1.54) is 6.92 Å². The van der Waals surface area contributed by atoms with Crippen LogP contribution in [0.2, 0.25) is 0 Å². The highest BCUT2D eigenvalue weighted by Crippen LogP contribution is 2.51. The lowest BCUT2D eigenvalue weighted by molar-refractivity contribution is -0.159. The Kier molecular flexibility index (Phi) is 9.28. The van der Waals surface area contributed by atoms with E-state index in [1.807, 2.05) is 31.2 Å². The van der Waals surface area contributed by atoms with Gasteiger partial charge in [-0.1, -0.05) is 32.1 Å². The van der Waals surface area contributed by atoms with Gasteiger partial charge in [-0.2, -0.15) is 0 Å². The van der Waals surface area contributed by atoms with Crippen LogP contribution in [0.15, 0.2) is 35.9 Å². The van der Waals surface area contributed by atoms with E-state index in [1.54, 1.807) is 7.11 Å². The molecule has 6 nitrogen and oxygen atoms in total. The molecule has 0 amide bonds. The van der Waals surface area contributed by atoms with Gasteiger partial charge in [-0.25, -0.2) is 0 Å². The van der Waals surface area contributed by atoms with Crippen LogP contribution in [0, 0.1) is 23.7 Å². The molecule has 6 heteroatoms. The van der Waals surface area contributed by atoms with E-state index in [9.17, 15) is 9.90 Å². The van der Waals surface area contributed by atoms with E-state index in [0.29, 0.717) is 30.9 Å². The maximum absolute atomic E-state index is 11.9. The SMILES string of the molecule is COc1ccccc1OCCN(CC(C)[C@@H]1CC[C@@H](C)[C@]2(O)C[C@@H](OC(C)=O)C(C)=C[C@H]12)C(C)C. The third-order valence-electron chi connectivity index (χ3n) is 8.28. The lowest BCUT2D eigenvalue weighted by Crippen LogP contribution is -2.56. The fourth-order valence-corrected chi connectivity index (χ4v) is 6.07. The van der Waals surface area contributed by atoms with Gasteiger partial charge in [0.15, 0.2) is 11.5 Å². The van der Waals surface area contributed by atoms with Gasteiger partial charge in [0.2, 0.25) is 0 Å². The predicted molar refractivity (Wildman–Crippen MR) is 139 cm³/mol. The average Bonchev–Trinajstić information content (AvgIpc) is 2.80. The molecular formula is C29H45NO5. The monoisotopic (exact) mass is 487 g/mol. The number of ether oxygens (including phenoxy) is 3. The Hall–Kier alpha value is -2.05. The minimum atomic E-state index is -0.841. The molecule has 1 aromatic rings. The molecule has 2 aliphatic carbocycles. The van der Waals surface area contributed by atoms with Gasteiger partial charge in [-0.05, 0) is 69.1 Å². The van der Waals surface area contributed by atoms with Crippen molar-refractivity contribution in [2.24, 2.45) is 23.7 Å². The Morgan fingerprint density at radius 1 is 1.20 bits per heavy atom. The number of carbonyl (C=O) groups excluding carboxylic acids is 1. The van der Waals surface area contributed by atoms with Gasteiger partial charge >= 0.3 is 5.97 Å². The molecule has 0 saturated heterocycles. The average molecular weight is 488 g/mol. The summed E-state index contributed by atoms with van der Waals surface area (Å²) in [6.45, 7) is 14.7. The first-order valence-corrected chi connectivity index (χ1v) is 13.1. The second-order valence-electron chi connectivity index (χ2n) is 10.9. The summed E-state index contributed by atoms with van der Waals surface area (Å²) < 4.78 is 17.0. The van der Waals surface area contributed by atoms with E-state index < -0.39 is 5.60 Å². The molecule has 3 rings (SSSR count). The number of aliphatic hydroxyl groups is 1. The van der Waals surface area contributed by atoms with Gasteiger partial charge in [-0.15, -0.1) is 0 Å². The number of hydrogen-bond donors (Lipinski definition) is 1. The molecular weight excluding hydrogens is 442 g/mol. The molecule has 0 aliphatic heterocycles. The predicted octanol–water partition coefficient (Wildman–Crippen LogP) is 5.10. The summed E-state index contributed by atoms with van der Waals surface area (Å²) in [5, 5.41) is 11.9. The smallest absolute Gasteiger partial charge is 0.303 e. The Morgan fingerprint density at radius 2 is 1.89 bits per heavy atom. The molecule has 2 aliphatic rings. The normalized spacial score (nSPS) is 29.4. The van der Waals surface area contributed by atoms with Crippen LogP contribution >= 0.6 is 0 Å². The quantitative estimate of drug-likeness (QED) is 0.366. The summed E-state index contributed by atoms with van der Waals surface area (Å²) >= 11 is 0. The van der Waals surface area contributed by atoms with E-state index >= 15 is 0 Å². The highest BCUT2D eigenvalue weighted by molar-refractivity contribution is 5.66.